The number of nitrogens with zero attached hydrogens (tertiary/aromatic N) is 4. The van der Waals surface area contributed by atoms with Crippen LogP contribution in [-0.2, 0) is 6.54 Å². The largest absolute Gasteiger partial charge is 0.491 e. The zero-order valence-corrected chi connectivity index (χ0v) is 15.5. The van der Waals surface area contributed by atoms with E-state index in [4.69, 9.17) is 14.5 Å². The summed E-state index contributed by atoms with van der Waals surface area (Å²) in [6.45, 7) is 4.19. The standard InChI is InChI=1S/C19H19N5O3/c1-10-5-13(12-7-15(26-3)18(27-4)20-8-12)21-14-9-24(19(25)17(10)14)16-6-11(2)22-23-16/h5-8H,9H2,1-4H3,(H,22,23). The molecule has 1 amide bonds. The van der Waals surface area contributed by atoms with Crippen LogP contribution in [0.3, 0.4) is 0 Å². The van der Waals surface area contributed by atoms with Crippen LogP contribution in [0.25, 0.3) is 11.3 Å². The van der Waals surface area contributed by atoms with Gasteiger partial charge in [0.15, 0.2) is 11.6 Å². The lowest BCUT2D eigenvalue weighted by atomic mass is 10.1. The number of aromatic amines is 1. The van der Waals surface area contributed by atoms with Crippen molar-refractivity contribution < 1.29 is 14.3 Å². The van der Waals surface area contributed by atoms with Gasteiger partial charge in [0.2, 0.25) is 0 Å². The second-order valence-corrected chi connectivity index (χ2v) is 6.38. The summed E-state index contributed by atoms with van der Waals surface area (Å²) in [5.74, 6) is 1.46. The van der Waals surface area contributed by atoms with Gasteiger partial charge in [0.1, 0.15) is 0 Å². The lowest BCUT2D eigenvalue weighted by Gasteiger charge is -2.10. The van der Waals surface area contributed by atoms with E-state index < -0.39 is 0 Å². The first-order valence-corrected chi connectivity index (χ1v) is 8.44. The van der Waals surface area contributed by atoms with Crippen molar-refractivity contribution in [2.45, 2.75) is 20.4 Å². The number of ether oxygens (including phenoxy) is 2. The first kappa shape index (κ1) is 17.0. The first-order valence-electron chi connectivity index (χ1n) is 8.44. The molecule has 0 radical (unpaired) electrons. The number of hydrogen-bond acceptors (Lipinski definition) is 6. The highest BCUT2D eigenvalue weighted by molar-refractivity contribution is 6.10. The summed E-state index contributed by atoms with van der Waals surface area (Å²) in [7, 11) is 3.10. The second-order valence-electron chi connectivity index (χ2n) is 6.38. The third-order valence-electron chi connectivity index (χ3n) is 4.55. The van der Waals surface area contributed by atoms with Gasteiger partial charge < -0.3 is 9.47 Å². The molecule has 1 aliphatic heterocycles. The molecule has 138 valence electrons. The maximum absolute atomic E-state index is 12.8. The van der Waals surface area contributed by atoms with Gasteiger partial charge in [0.05, 0.1) is 37.7 Å². The van der Waals surface area contributed by atoms with E-state index in [9.17, 15) is 4.79 Å². The maximum atomic E-state index is 12.8. The summed E-state index contributed by atoms with van der Waals surface area (Å²) in [5.41, 5.74) is 4.64. The van der Waals surface area contributed by atoms with E-state index in [1.54, 1.807) is 25.3 Å². The zero-order valence-electron chi connectivity index (χ0n) is 15.5. The summed E-state index contributed by atoms with van der Waals surface area (Å²) in [4.78, 5) is 23.5. The molecule has 0 saturated carbocycles. The molecule has 0 fully saturated rings. The van der Waals surface area contributed by atoms with E-state index in [0.717, 1.165) is 28.2 Å². The predicted octanol–water partition coefficient (Wildman–Crippen LogP) is 2.66. The van der Waals surface area contributed by atoms with Crippen LogP contribution in [0.2, 0.25) is 0 Å². The van der Waals surface area contributed by atoms with Crippen molar-refractivity contribution in [3.05, 3.63) is 46.9 Å². The first-order chi connectivity index (χ1) is 13.0. The molecule has 8 nitrogen and oxygen atoms in total. The van der Waals surface area contributed by atoms with E-state index in [1.807, 2.05) is 32.0 Å². The average Bonchev–Trinajstić information content (AvgIpc) is 3.24. The van der Waals surface area contributed by atoms with Crippen molar-refractivity contribution in [2.24, 2.45) is 0 Å². The summed E-state index contributed by atoms with van der Waals surface area (Å²) >= 11 is 0. The van der Waals surface area contributed by atoms with Crippen LogP contribution in [0, 0.1) is 13.8 Å². The normalized spacial score (nSPS) is 13.0. The quantitative estimate of drug-likeness (QED) is 0.764. The number of fused-ring (bicyclic) bond motifs is 1. The topological polar surface area (TPSA) is 93.2 Å². The van der Waals surface area contributed by atoms with Gasteiger partial charge in [-0.15, -0.1) is 0 Å². The Balaban J connectivity index is 1.74. The fourth-order valence-corrected chi connectivity index (χ4v) is 3.25. The van der Waals surface area contributed by atoms with Crippen LogP contribution in [0.4, 0.5) is 5.82 Å². The molecule has 3 aromatic rings. The SMILES string of the molecule is COc1cc(-c2cc(C)c3c(n2)CN(c2cc(C)[nH]n2)C3=O)cnc1OC. The minimum Gasteiger partial charge on any atom is -0.491 e. The van der Waals surface area contributed by atoms with E-state index in [-0.39, 0.29) is 5.91 Å². The molecule has 4 rings (SSSR count). The van der Waals surface area contributed by atoms with Crippen LogP contribution in [-0.4, -0.2) is 40.3 Å². The van der Waals surface area contributed by atoms with Crippen LogP contribution >= 0.6 is 0 Å². The summed E-state index contributed by atoms with van der Waals surface area (Å²) in [6, 6.07) is 5.56. The molecule has 1 N–H and O–H groups in total. The van der Waals surface area contributed by atoms with Gasteiger partial charge in [-0.2, -0.15) is 5.10 Å². The molecule has 4 heterocycles. The van der Waals surface area contributed by atoms with Gasteiger partial charge in [0.25, 0.3) is 11.8 Å². The van der Waals surface area contributed by atoms with Gasteiger partial charge in [-0.25, -0.2) is 4.98 Å². The molecule has 0 spiro atoms. The number of amides is 1. The lowest BCUT2D eigenvalue weighted by Crippen LogP contribution is -2.23. The van der Waals surface area contributed by atoms with Gasteiger partial charge in [-0.1, -0.05) is 0 Å². The second kappa shape index (κ2) is 6.39. The number of hydrogen-bond donors (Lipinski definition) is 1. The van der Waals surface area contributed by atoms with Crippen LogP contribution in [0.15, 0.2) is 24.4 Å². The minimum atomic E-state index is -0.0847. The molecule has 27 heavy (non-hydrogen) atoms. The number of pyridine rings is 2. The Morgan fingerprint density at radius 2 is 1.96 bits per heavy atom. The summed E-state index contributed by atoms with van der Waals surface area (Å²) in [6.07, 6.45) is 1.68. The van der Waals surface area contributed by atoms with Gasteiger partial charge in [-0.05, 0) is 31.5 Å². The molecule has 0 unspecified atom stereocenters. The number of nitrogens with one attached hydrogen (secondary N) is 1. The molecule has 0 atom stereocenters. The van der Waals surface area contributed by atoms with Crippen molar-refractivity contribution in [2.75, 3.05) is 19.1 Å². The van der Waals surface area contributed by atoms with Gasteiger partial charge in [-0.3, -0.25) is 19.8 Å². The third kappa shape index (κ3) is 2.79. The molecule has 0 aliphatic carbocycles. The smallest absolute Gasteiger partial charge is 0.262 e. The Kier molecular flexibility index (Phi) is 4.02. The van der Waals surface area contributed by atoms with Crippen LogP contribution in [0.5, 0.6) is 11.6 Å². The molecule has 0 bridgehead atoms. The van der Waals surface area contributed by atoms with E-state index in [1.165, 1.54) is 0 Å². The predicted molar refractivity (Wildman–Crippen MR) is 99.1 cm³/mol. The van der Waals surface area contributed by atoms with Crippen molar-refractivity contribution in [1.29, 1.82) is 0 Å². The van der Waals surface area contributed by atoms with E-state index in [0.29, 0.717) is 29.6 Å². The Labute approximate surface area is 156 Å². The third-order valence-corrected chi connectivity index (χ3v) is 4.55. The monoisotopic (exact) mass is 365 g/mol. The zero-order chi connectivity index (χ0) is 19.1. The number of H-pyrrole nitrogens is 1. The molecular weight excluding hydrogens is 346 g/mol. The number of aromatic nitrogens is 4. The van der Waals surface area contributed by atoms with Crippen molar-refractivity contribution in [3.63, 3.8) is 0 Å². The number of carbonyl (C=O) groups is 1. The summed E-state index contributed by atoms with van der Waals surface area (Å²) in [5, 5.41) is 7.06. The molecule has 0 saturated heterocycles. The van der Waals surface area contributed by atoms with Gasteiger partial charge in [0, 0.05) is 23.5 Å². The molecule has 3 aromatic heterocycles. The Bertz CT molecular complexity index is 1040. The lowest BCUT2D eigenvalue weighted by molar-refractivity contribution is 0.0995. The highest BCUT2D eigenvalue weighted by Gasteiger charge is 2.33. The van der Waals surface area contributed by atoms with Crippen LogP contribution in [0.1, 0.15) is 27.3 Å². The van der Waals surface area contributed by atoms with E-state index >= 15 is 0 Å². The Hall–Kier alpha value is -3.42. The Morgan fingerprint density at radius 1 is 1.15 bits per heavy atom. The number of aryl methyl sites for hydroxylation is 2. The van der Waals surface area contributed by atoms with Crippen LogP contribution < -0.4 is 14.4 Å². The number of rotatable bonds is 4. The number of carbonyl (C=O) groups excluding carboxylic acids is 1. The molecule has 8 heteroatoms. The van der Waals surface area contributed by atoms with Crippen molar-refractivity contribution in [1.82, 2.24) is 20.2 Å². The maximum Gasteiger partial charge on any atom is 0.262 e. The number of anilines is 1. The van der Waals surface area contributed by atoms with Gasteiger partial charge >= 0.3 is 0 Å². The fourth-order valence-electron chi connectivity index (χ4n) is 3.25. The highest BCUT2D eigenvalue weighted by Crippen LogP contribution is 2.33. The van der Waals surface area contributed by atoms with Crippen molar-refractivity contribution >= 4 is 11.7 Å². The molecular formula is C19H19N5O3. The molecule has 0 aromatic carbocycles. The Morgan fingerprint density at radius 3 is 2.63 bits per heavy atom. The van der Waals surface area contributed by atoms with E-state index in [2.05, 4.69) is 15.2 Å². The number of methoxy groups -OCH3 is 2. The van der Waals surface area contributed by atoms with Crippen molar-refractivity contribution in [3.8, 4) is 22.9 Å². The summed E-state index contributed by atoms with van der Waals surface area (Å²) < 4.78 is 10.5. The fraction of sp³-hybridized carbons (Fsp3) is 0.263. The minimum absolute atomic E-state index is 0.0847. The average molecular weight is 365 g/mol. The molecule has 1 aliphatic rings. The highest BCUT2D eigenvalue weighted by atomic mass is 16.5.